The molecule has 27 heavy (non-hydrogen) atoms. The van der Waals surface area contributed by atoms with Gasteiger partial charge in [0.2, 0.25) is 0 Å². The van der Waals surface area contributed by atoms with Gasteiger partial charge in [0, 0.05) is 34.4 Å². The maximum absolute atomic E-state index is 12.4. The molecule has 0 bridgehead atoms. The van der Waals surface area contributed by atoms with Crippen LogP contribution in [0.5, 0.6) is 0 Å². The molecule has 2 aromatic carbocycles. The number of anilines is 1. The van der Waals surface area contributed by atoms with Crippen LogP contribution in [0.15, 0.2) is 64.8 Å². The molecule has 0 radical (unpaired) electrons. The monoisotopic (exact) mass is 427 g/mol. The highest BCUT2D eigenvalue weighted by Gasteiger charge is 2.38. The van der Waals surface area contributed by atoms with E-state index in [1.807, 2.05) is 54.4 Å². The number of esters is 1. The van der Waals surface area contributed by atoms with Crippen LogP contribution >= 0.6 is 15.9 Å². The number of hydrogen-bond acceptors (Lipinski definition) is 4. The van der Waals surface area contributed by atoms with Crippen LogP contribution in [0.1, 0.15) is 25.0 Å². The number of fused-ring (bicyclic) bond motifs is 1. The molecule has 0 amide bonds. The normalized spacial score (nSPS) is 16.3. The molecular weight excluding hydrogens is 406 g/mol. The van der Waals surface area contributed by atoms with E-state index in [-0.39, 0.29) is 24.2 Å². The van der Waals surface area contributed by atoms with E-state index < -0.39 is 5.97 Å². The summed E-state index contributed by atoms with van der Waals surface area (Å²) < 4.78 is 6.12. The fourth-order valence-corrected chi connectivity index (χ4v) is 3.69. The lowest BCUT2D eigenvalue weighted by molar-refractivity contribution is -0.146. The van der Waals surface area contributed by atoms with Crippen LogP contribution < -0.4 is 4.90 Å². The smallest absolute Gasteiger partial charge is 0.310 e. The molecule has 4 nitrogen and oxygen atoms in total. The second-order valence-electron chi connectivity index (χ2n) is 7.16. The van der Waals surface area contributed by atoms with Gasteiger partial charge in [-0.2, -0.15) is 0 Å². The number of halogens is 1. The summed E-state index contributed by atoms with van der Waals surface area (Å²) >= 11 is 3.36. The van der Waals surface area contributed by atoms with Crippen LogP contribution in [-0.2, 0) is 26.2 Å². The molecule has 0 atom stereocenters. The Morgan fingerprint density at radius 1 is 1.11 bits per heavy atom. The van der Waals surface area contributed by atoms with Crippen molar-refractivity contribution in [2.24, 2.45) is 0 Å². The molecule has 0 aromatic heterocycles. The average molecular weight is 428 g/mol. The number of nitrogens with zero attached hydrogens (tertiary/aromatic N) is 1. The Morgan fingerprint density at radius 3 is 2.44 bits per heavy atom. The molecule has 5 heteroatoms. The Bertz CT molecular complexity index is 900. The van der Waals surface area contributed by atoms with E-state index in [1.165, 1.54) is 5.56 Å². The van der Waals surface area contributed by atoms with Crippen molar-refractivity contribution < 1.29 is 14.3 Å². The molecule has 3 rings (SSSR count). The van der Waals surface area contributed by atoms with Crippen LogP contribution in [0.4, 0.5) is 5.69 Å². The minimum atomic E-state index is -0.411. The summed E-state index contributed by atoms with van der Waals surface area (Å²) in [5, 5.41) is 0. The maximum Gasteiger partial charge on any atom is 0.310 e. The van der Waals surface area contributed by atoms with Gasteiger partial charge in [-0.15, -0.1) is 0 Å². The lowest BCUT2D eigenvalue weighted by Gasteiger charge is -2.23. The zero-order valence-corrected chi connectivity index (χ0v) is 17.2. The predicted molar refractivity (Wildman–Crippen MR) is 110 cm³/mol. The number of carbonyl (C=O) groups is 2. The summed E-state index contributed by atoms with van der Waals surface area (Å²) in [7, 11) is 1.95. The van der Waals surface area contributed by atoms with Crippen LogP contribution in [0.25, 0.3) is 0 Å². The summed E-state index contributed by atoms with van der Waals surface area (Å²) in [6, 6.07) is 15.5. The zero-order valence-electron chi connectivity index (χ0n) is 15.7. The third kappa shape index (κ3) is 4.14. The Labute approximate surface area is 168 Å². The molecule has 1 aliphatic rings. The van der Waals surface area contributed by atoms with Crippen LogP contribution in [-0.4, -0.2) is 25.4 Å². The summed E-state index contributed by atoms with van der Waals surface area (Å²) in [4.78, 5) is 26.4. The van der Waals surface area contributed by atoms with Crippen LogP contribution in [0.3, 0.4) is 0 Å². The third-order valence-electron chi connectivity index (χ3n) is 4.88. The fourth-order valence-electron chi connectivity index (χ4n) is 3.42. The van der Waals surface area contributed by atoms with E-state index in [4.69, 9.17) is 4.74 Å². The van der Waals surface area contributed by atoms with Crippen molar-refractivity contribution in [2.45, 2.75) is 25.7 Å². The van der Waals surface area contributed by atoms with Crippen molar-refractivity contribution >= 4 is 33.4 Å². The van der Waals surface area contributed by atoms with Crippen molar-refractivity contribution in [1.29, 1.82) is 0 Å². The van der Waals surface area contributed by atoms with Crippen molar-refractivity contribution in [2.75, 3.05) is 18.6 Å². The number of likely N-dealkylation sites (N-methyl/N-ethyl adjacent to an activating group) is 1. The van der Waals surface area contributed by atoms with E-state index in [9.17, 15) is 9.59 Å². The Balaban J connectivity index is 1.63. The van der Waals surface area contributed by atoms with Gasteiger partial charge in [-0.1, -0.05) is 60.1 Å². The topological polar surface area (TPSA) is 46.6 Å². The van der Waals surface area contributed by atoms with E-state index >= 15 is 0 Å². The van der Waals surface area contributed by atoms with Gasteiger partial charge in [-0.3, -0.25) is 9.59 Å². The average Bonchev–Trinajstić information content (AvgIpc) is 2.83. The van der Waals surface area contributed by atoms with E-state index in [2.05, 4.69) is 35.8 Å². The first-order chi connectivity index (χ1) is 12.8. The quantitative estimate of drug-likeness (QED) is 0.523. The molecule has 0 unspecified atom stereocenters. The number of carbonyl (C=O) groups excluding carboxylic acids is 2. The molecule has 0 N–H and O–H groups in total. The predicted octanol–water partition coefficient (Wildman–Crippen LogP) is 4.42. The van der Waals surface area contributed by atoms with Gasteiger partial charge in [-0.25, -0.2) is 0 Å². The Kier molecular flexibility index (Phi) is 5.51. The standard InChI is InChI=1S/C22H22BrNO3/c1-22(2)18-6-4-5-7-19(18)24(3)20(22)13-17(25)14-27-21(26)12-15-8-10-16(23)11-9-15/h4-11,13H,12,14H2,1-3H3/b20-13+. The Morgan fingerprint density at radius 2 is 1.78 bits per heavy atom. The minimum Gasteiger partial charge on any atom is -0.457 e. The molecule has 1 heterocycles. The number of hydrogen-bond donors (Lipinski definition) is 0. The maximum atomic E-state index is 12.4. The van der Waals surface area contributed by atoms with Gasteiger partial charge in [0.15, 0.2) is 12.4 Å². The Hall–Kier alpha value is -2.40. The van der Waals surface area contributed by atoms with Gasteiger partial charge in [0.25, 0.3) is 0 Å². The van der Waals surface area contributed by atoms with Crippen LogP contribution in [0, 0.1) is 0 Å². The molecule has 0 saturated carbocycles. The number of allylic oxidation sites excluding steroid dienone is 1. The summed E-state index contributed by atoms with van der Waals surface area (Å²) in [5.41, 5.74) is 3.74. The highest BCUT2D eigenvalue weighted by molar-refractivity contribution is 9.10. The number of ether oxygens (including phenoxy) is 1. The molecular formula is C22H22BrNO3. The first-order valence-electron chi connectivity index (χ1n) is 8.77. The number of benzene rings is 2. The second-order valence-corrected chi connectivity index (χ2v) is 8.08. The van der Waals surface area contributed by atoms with Gasteiger partial charge in [0.1, 0.15) is 0 Å². The summed E-state index contributed by atoms with van der Waals surface area (Å²) in [6.07, 6.45) is 1.74. The zero-order chi connectivity index (χ0) is 19.6. The van der Waals surface area contributed by atoms with E-state index in [1.54, 1.807) is 6.08 Å². The number of rotatable bonds is 5. The van der Waals surface area contributed by atoms with E-state index in [0.29, 0.717) is 0 Å². The van der Waals surface area contributed by atoms with E-state index in [0.717, 1.165) is 21.4 Å². The lowest BCUT2D eigenvalue weighted by Crippen LogP contribution is -2.25. The van der Waals surface area contributed by atoms with Gasteiger partial charge < -0.3 is 9.64 Å². The molecule has 0 spiro atoms. The highest BCUT2D eigenvalue weighted by atomic mass is 79.9. The first kappa shape index (κ1) is 19.4. The first-order valence-corrected chi connectivity index (χ1v) is 9.56. The number of ketones is 1. The van der Waals surface area contributed by atoms with Crippen molar-refractivity contribution in [3.8, 4) is 0 Å². The molecule has 2 aromatic rings. The van der Waals surface area contributed by atoms with Gasteiger partial charge >= 0.3 is 5.97 Å². The largest absolute Gasteiger partial charge is 0.457 e. The SMILES string of the molecule is CN1/C(=C/C(=O)COC(=O)Cc2ccc(Br)cc2)C(C)(C)c2ccccc21. The van der Waals surface area contributed by atoms with Crippen molar-refractivity contribution in [1.82, 2.24) is 0 Å². The molecule has 0 saturated heterocycles. The summed E-state index contributed by atoms with van der Waals surface area (Å²) in [5.74, 6) is -0.631. The number of para-hydroxylation sites is 1. The lowest BCUT2D eigenvalue weighted by atomic mass is 9.83. The van der Waals surface area contributed by atoms with Gasteiger partial charge in [-0.05, 0) is 29.3 Å². The highest BCUT2D eigenvalue weighted by Crippen LogP contribution is 2.46. The minimum absolute atomic E-state index is 0.147. The van der Waals surface area contributed by atoms with Gasteiger partial charge in [0.05, 0.1) is 6.42 Å². The third-order valence-corrected chi connectivity index (χ3v) is 5.40. The molecule has 1 aliphatic heterocycles. The van der Waals surface area contributed by atoms with Crippen molar-refractivity contribution in [3.63, 3.8) is 0 Å². The fraction of sp³-hybridized carbons (Fsp3) is 0.273. The van der Waals surface area contributed by atoms with Crippen LogP contribution in [0.2, 0.25) is 0 Å². The van der Waals surface area contributed by atoms with Crippen molar-refractivity contribution in [3.05, 3.63) is 75.9 Å². The molecule has 140 valence electrons. The molecule has 0 aliphatic carbocycles. The second kappa shape index (κ2) is 7.69. The molecule has 0 fully saturated rings. The summed E-state index contributed by atoms with van der Waals surface area (Å²) in [6.45, 7) is 3.93.